The Balaban J connectivity index is 1.78. The van der Waals surface area contributed by atoms with Crippen molar-refractivity contribution >= 4 is 42.2 Å². The van der Waals surface area contributed by atoms with Gasteiger partial charge in [0.05, 0.1) is 4.70 Å². The zero-order valence-electron chi connectivity index (χ0n) is 12.2. The lowest BCUT2D eigenvalue weighted by Gasteiger charge is -2.23. The largest absolute Gasteiger partial charge is 0.139 e. The molecule has 0 N–H and O–H groups in total. The van der Waals surface area contributed by atoms with Crippen molar-refractivity contribution in [1.82, 2.24) is 0 Å². The Morgan fingerprint density at radius 1 is 1.05 bits per heavy atom. The second-order valence-electron chi connectivity index (χ2n) is 6.68. The number of rotatable bonds is 2. The fourth-order valence-corrected chi connectivity index (χ4v) is 6.13. The number of thiophene rings is 2. The molecule has 0 atom stereocenters. The lowest BCUT2D eigenvalue weighted by molar-refractivity contribution is 0.335. The SMILES string of the molecule is Cc1cc2sc3ccc(CC4(C)CCCC4)cc3c2s1. The van der Waals surface area contributed by atoms with Crippen molar-refractivity contribution in [2.75, 3.05) is 0 Å². The summed E-state index contributed by atoms with van der Waals surface area (Å²) in [6, 6.07) is 9.50. The molecule has 0 saturated heterocycles. The molecule has 20 heavy (non-hydrogen) atoms. The highest BCUT2D eigenvalue weighted by Gasteiger charge is 2.28. The summed E-state index contributed by atoms with van der Waals surface area (Å²) in [5.74, 6) is 0. The zero-order chi connectivity index (χ0) is 13.7. The number of hydrogen-bond donors (Lipinski definition) is 0. The van der Waals surface area contributed by atoms with Crippen LogP contribution in [0.5, 0.6) is 0 Å². The van der Waals surface area contributed by atoms with Gasteiger partial charge in [0.25, 0.3) is 0 Å². The summed E-state index contributed by atoms with van der Waals surface area (Å²) in [4.78, 5) is 1.43. The molecule has 0 unspecified atom stereocenters. The van der Waals surface area contributed by atoms with Crippen molar-refractivity contribution in [3.8, 4) is 0 Å². The van der Waals surface area contributed by atoms with Crippen LogP contribution in [0.25, 0.3) is 19.5 Å². The van der Waals surface area contributed by atoms with Gasteiger partial charge in [-0.1, -0.05) is 25.8 Å². The van der Waals surface area contributed by atoms with E-state index in [4.69, 9.17) is 0 Å². The molecule has 4 rings (SSSR count). The van der Waals surface area contributed by atoms with Crippen LogP contribution in [-0.2, 0) is 6.42 Å². The van der Waals surface area contributed by atoms with Gasteiger partial charge in [0.2, 0.25) is 0 Å². The predicted molar refractivity (Wildman–Crippen MR) is 92.2 cm³/mol. The van der Waals surface area contributed by atoms with Gasteiger partial charge in [0, 0.05) is 19.7 Å². The summed E-state index contributed by atoms with van der Waals surface area (Å²) >= 11 is 3.89. The molecule has 0 nitrogen and oxygen atoms in total. The molecular formula is C18H20S2. The molecule has 2 heterocycles. The zero-order valence-corrected chi connectivity index (χ0v) is 13.8. The van der Waals surface area contributed by atoms with Crippen LogP contribution in [0, 0.1) is 12.3 Å². The van der Waals surface area contributed by atoms with Gasteiger partial charge in [0.15, 0.2) is 0 Å². The molecule has 0 aliphatic heterocycles. The van der Waals surface area contributed by atoms with E-state index in [1.165, 1.54) is 62.0 Å². The minimum atomic E-state index is 0.550. The first-order valence-electron chi connectivity index (χ1n) is 7.55. The molecule has 1 aliphatic rings. The minimum absolute atomic E-state index is 0.550. The topological polar surface area (TPSA) is 0 Å². The van der Waals surface area contributed by atoms with E-state index in [0.717, 1.165) is 0 Å². The highest BCUT2D eigenvalue weighted by atomic mass is 32.1. The normalized spacial score (nSPS) is 18.3. The lowest BCUT2D eigenvalue weighted by Crippen LogP contribution is -2.14. The molecule has 1 aliphatic carbocycles. The molecule has 1 fully saturated rings. The van der Waals surface area contributed by atoms with Gasteiger partial charge in [-0.2, -0.15) is 0 Å². The van der Waals surface area contributed by atoms with Crippen LogP contribution in [0.1, 0.15) is 43.0 Å². The molecule has 1 aromatic carbocycles. The highest BCUT2D eigenvalue weighted by Crippen LogP contribution is 2.43. The van der Waals surface area contributed by atoms with Crippen molar-refractivity contribution in [2.24, 2.45) is 5.41 Å². The van der Waals surface area contributed by atoms with Gasteiger partial charge in [-0.15, -0.1) is 22.7 Å². The number of benzene rings is 1. The van der Waals surface area contributed by atoms with E-state index in [2.05, 4.69) is 38.1 Å². The average Bonchev–Trinajstić information content (AvgIpc) is 3.05. The smallest absolute Gasteiger partial charge is 0.0532 e. The van der Waals surface area contributed by atoms with E-state index < -0.39 is 0 Å². The highest BCUT2D eigenvalue weighted by molar-refractivity contribution is 7.32. The van der Waals surface area contributed by atoms with Crippen LogP contribution in [0.15, 0.2) is 24.3 Å². The molecule has 3 aromatic rings. The lowest BCUT2D eigenvalue weighted by atomic mass is 9.82. The van der Waals surface area contributed by atoms with Crippen molar-refractivity contribution < 1.29 is 0 Å². The van der Waals surface area contributed by atoms with E-state index in [1.54, 1.807) is 0 Å². The Hall–Kier alpha value is -0.860. The maximum Gasteiger partial charge on any atom is 0.0532 e. The second-order valence-corrected chi connectivity index (χ2v) is 9.02. The van der Waals surface area contributed by atoms with Crippen LogP contribution in [0.4, 0.5) is 0 Å². The number of hydrogen-bond acceptors (Lipinski definition) is 2. The Labute approximate surface area is 128 Å². The van der Waals surface area contributed by atoms with Crippen LogP contribution < -0.4 is 0 Å². The Morgan fingerprint density at radius 2 is 1.85 bits per heavy atom. The molecule has 2 aromatic heterocycles. The molecule has 104 valence electrons. The minimum Gasteiger partial charge on any atom is -0.139 e. The molecule has 0 bridgehead atoms. The van der Waals surface area contributed by atoms with Gasteiger partial charge in [-0.25, -0.2) is 0 Å². The van der Waals surface area contributed by atoms with Gasteiger partial charge in [0.1, 0.15) is 0 Å². The maximum atomic E-state index is 2.47. The third kappa shape index (κ3) is 2.10. The maximum absolute atomic E-state index is 2.47. The van der Waals surface area contributed by atoms with Crippen molar-refractivity contribution in [1.29, 1.82) is 0 Å². The molecule has 0 spiro atoms. The van der Waals surface area contributed by atoms with Gasteiger partial charge < -0.3 is 0 Å². The monoisotopic (exact) mass is 300 g/mol. The fraction of sp³-hybridized carbons (Fsp3) is 0.444. The summed E-state index contributed by atoms with van der Waals surface area (Å²) < 4.78 is 4.42. The summed E-state index contributed by atoms with van der Waals surface area (Å²) in [6.45, 7) is 4.69. The van der Waals surface area contributed by atoms with Crippen LogP contribution in [0.3, 0.4) is 0 Å². The quantitative estimate of drug-likeness (QED) is 0.503. The third-order valence-corrected chi connectivity index (χ3v) is 7.10. The Morgan fingerprint density at radius 3 is 2.65 bits per heavy atom. The average molecular weight is 300 g/mol. The van der Waals surface area contributed by atoms with Crippen LogP contribution >= 0.6 is 22.7 Å². The van der Waals surface area contributed by atoms with Gasteiger partial charge >= 0.3 is 0 Å². The van der Waals surface area contributed by atoms with E-state index in [9.17, 15) is 0 Å². The van der Waals surface area contributed by atoms with Crippen LogP contribution in [-0.4, -0.2) is 0 Å². The number of aryl methyl sites for hydroxylation is 1. The second kappa shape index (κ2) is 4.57. The molecule has 0 amide bonds. The van der Waals surface area contributed by atoms with E-state index >= 15 is 0 Å². The molecule has 1 saturated carbocycles. The standard InChI is InChI=1S/C18H20S2/c1-12-9-16-17(19-12)14-10-13(5-6-15(14)20-16)11-18(2)7-3-4-8-18/h5-6,9-10H,3-4,7-8,11H2,1-2H3. The van der Waals surface area contributed by atoms with Crippen LogP contribution in [0.2, 0.25) is 0 Å². The van der Waals surface area contributed by atoms with E-state index in [-0.39, 0.29) is 0 Å². The molecule has 0 radical (unpaired) electrons. The predicted octanol–water partition coefficient (Wildman–Crippen LogP) is 6.55. The molecular weight excluding hydrogens is 280 g/mol. The Kier molecular flexibility index (Phi) is 2.94. The summed E-state index contributed by atoms with van der Waals surface area (Å²) in [5, 5.41) is 1.49. The van der Waals surface area contributed by atoms with Gasteiger partial charge in [-0.3, -0.25) is 0 Å². The first-order chi connectivity index (χ1) is 9.63. The number of fused-ring (bicyclic) bond motifs is 3. The third-order valence-electron chi connectivity index (χ3n) is 4.77. The summed E-state index contributed by atoms with van der Waals surface area (Å²) in [6.07, 6.45) is 6.91. The Bertz CT molecular complexity index is 769. The van der Waals surface area contributed by atoms with Crippen molar-refractivity contribution in [3.05, 3.63) is 34.7 Å². The first kappa shape index (κ1) is 12.8. The summed E-state index contributed by atoms with van der Waals surface area (Å²) in [5.41, 5.74) is 2.08. The van der Waals surface area contributed by atoms with E-state index in [1.807, 2.05) is 22.7 Å². The molecule has 2 heteroatoms. The summed E-state index contributed by atoms with van der Waals surface area (Å²) in [7, 11) is 0. The van der Waals surface area contributed by atoms with Gasteiger partial charge in [-0.05, 0) is 55.4 Å². The van der Waals surface area contributed by atoms with Crippen molar-refractivity contribution in [2.45, 2.75) is 46.0 Å². The van der Waals surface area contributed by atoms with Crippen molar-refractivity contribution in [3.63, 3.8) is 0 Å². The first-order valence-corrected chi connectivity index (χ1v) is 9.18. The van der Waals surface area contributed by atoms with E-state index in [0.29, 0.717) is 5.41 Å². The fourth-order valence-electron chi connectivity index (χ4n) is 3.72.